The van der Waals surface area contributed by atoms with E-state index in [0.29, 0.717) is 22.1 Å². The number of fused-ring (bicyclic) bond motifs is 3. The molecule has 2 heterocycles. The smallest absolute Gasteiger partial charge is 0.338 e. The van der Waals surface area contributed by atoms with Gasteiger partial charge in [-0.1, -0.05) is 11.6 Å². The van der Waals surface area contributed by atoms with Gasteiger partial charge in [-0.3, -0.25) is 0 Å². The van der Waals surface area contributed by atoms with Crippen LogP contribution in [-0.2, 0) is 4.74 Å². The molecule has 0 saturated heterocycles. The molecule has 1 aromatic carbocycles. The summed E-state index contributed by atoms with van der Waals surface area (Å²) in [7, 11) is 2.89. The van der Waals surface area contributed by atoms with Gasteiger partial charge in [0.2, 0.25) is 0 Å². The van der Waals surface area contributed by atoms with Gasteiger partial charge in [0.05, 0.1) is 25.3 Å². The summed E-state index contributed by atoms with van der Waals surface area (Å²) >= 11 is 5.89. The second kappa shape index (κ2) is 4.68. The lowest BCUT2D eigenvalue weighted by Crippen LogP contribution is -2.01. The van der Waals surface area contributed by atoms with Gasteiger partial charge in [0.1, 0.15) is 16.5 Å². The third-order valence-corrected chi connectivity index (χ3v) is 3.35. The summed E-state index contributed by atoms with van der Waals surface area (Å²) in [5.74, 6) is 0.137. The van der Waals surface area contributed by atoms with Crippen molar-refractivity contribution in [3.05, 3.63) is 35.0 Å². The topological polar surface area (TPSA) is 64.2 Å². The number of carbonyl (C=O) groups excluding carboxylic acids is 1. The molecule has 0 radical (unpaired) electrons. The Balaban J connectivity index is 2.39. The van der Waals surface area contributed by atoms with Gasteiger partial charge >= 0.3 is 5.97 Å². The summed E-state index contributed by atoms with van der Waals surface area (Å²) in [6.07, 6.45) is 0. The Bertz CT molecular complexity index is 826. The van der Waals surface area contributed by atoms with Crippen molar-refractivity contribution in [1.29, 1.82) is 0 Å². The fourth-order valence-electron chi connectivity index (χ4n) is 2.22. The summed E-state index contributed by atoms with van der Waals surface area (Å²) in [5.41, 5.74) is 1.84. The molecule has 5 nitrogen and oxygen atoms in total. The van der Waals surface area contributed by atoms with Crippen LogP contribution in [0.3, 0.4) is 0 Å². The van der Waals surface area contributed by atoms with Gasteiger partial charge in [0, 0.05) is 10.8 Å². The molecule has 102 valence electrons. The maximum Gasteiger partial charge on any atom is 0.338 e. The predicted molar refractivity (Wildman–Crippen MR) is 76.5 cm³/mol. The fourth-order valence-corrected chi connectivity index (χ4v) is 2.37. The average molecular weight is 291 g/mol. The zero-order valence-electron chi connectivity index (χ0n) is 10.9. The van der Waals surface area contributed by atoms with Gasteiger partial charge in [0.25, 0.3) is 0 Å². The molecule has 0 amide bonds. The first-order chi connectivity index (χ1) is 9.63. The number of pyridine rings is 1. The number of aromatic amines is 1. The molecule has 0 fully saturated rings. The normalized spacial score (nSPS) is 10.9. The van der Waals surface area contributed by atoms with E-state index in [1.54, 1.807) is 25.3 Å². The number of nitrogens with one attached hydrogen (secondary N) is 1. The number of H-pyrrole nitrogens is 1. The maximum absolute atomic E-state index is 11.7. The van der Waals surface area contributed by atoms with Crippen molar-refractivity contribution in [2.24, 2.45) is 0 Å². The second-order valence-electron chi connectivity index (χ2n) is 4.25. The number of esters is 1. The van der Waals surface area contributed by atoms with Gasteiger partial charge in [-0.05, 0) is 24.3 Å². The number of ether oxygens (including phenoxy) is 2. The van der Waals surface area contributed by atoms with Crippen LogP contribution in [0.2, 0.25) is 5.15 Å². The van der Waals surface area contributed by atoms with Crippen molar-refractivity contribution in [3.8, 4) is 5.75 Å². The largest absolute Gasteiger partial charge is 0.495 e. The van der Waals surface area contributed by atoms with Crippen LogP contribution in [0.5, 0.6) is 5.75 Å². The van der Waals surface area contributed by atoms with Crippen molar-refractivity contribution in [3.63, 3.8) is 0 Å². The summed E-state index contributed by atoms with van der Waals surface area (Å²) in [6, 6.07) is 6.93. The summed E-state index contributed by atoms with van der Waals surface area (Å²) in [6.45, 7) is 0. The molecule has 20 heavy (non-hydrogen) atoms. The second-order valence-corrected chi connectivity index (χ2v) is 4.64. The molecule has 0 aliphatic heterocycles. The Morgan fingerprint density at radius 1 is 1.25 bits per heavy atom. The molecular weight excluding hydrogens is 280 g/mol. The van der Waals surface area contributed by atoms with E-state index in [2.05, 4.69) is 9.97 Å². The van der Waals surface area contributed by atoms with Crippen LogP contribution in [0.25, 0.3) is 21.9 Å². The molecule has 2 aromatic heterocycles. The minimum atomic E-state index is -0.415. The van der Waals surface area contributed by atoms with E-state index >= 15 is 0 Å². The van der Waals surface area contributed by atoms with Crippen molar-refractivity contribution >= 4 is 39.5 Å². The average Bonchev–Trinajstić information content (AvgIpc) is 2.82. The SMILES string of the molecule is COC(=O)c1cc(OC)c2[nH]c3nc(Cl)ccc3c2c1. The van der Waals surface area contributed by atoms with E-state index in [0.717, 1.165) is 16.3 Å². The van der Waals surface area contributed by atoms with Crippen LogP contribution in [0, 0.1) is 0 Å². The number of carbonyl (C=O) groups is 1. The highest BCUT2D eigenvalue weighted by Crippen LogP contribution is 2.33. The molecule has 0 bridgehead atoms. The molecule has 3 aromatic rings. The number of hydrogen-bond acceptors (Lipinski definition) is 4. The zero-order chi connectivity index (χ0) is 14.3. The molecule has 6 heteroatoms. The standard InChI is InChI=1S/C14H11ClN2O3/c1-19-10-6-7(14(18)20-2)5-9-8-3-4-11(15)16-13(8)17-12(9)10/h3-6H,1-2H3,(H,16,17). The maximum atomic E-state index is 11.7. The Morgan fingerprint density at radius 2 is 2.05 bits per heavy atom. The Hall–Kier alpha value is -2.27. The van der Waals surface area contributed by atoms with Crippen molar-refractivity contribution in [2.45, 2.75) is 0 Å². The highest BCUT2D eigenvalue weighted by molar-refractivity contribution is 6.30. The van der Waals surface area contributed by atoms with E-state index in [1.165, 1.54) is 7.11 Å². The summed E-state index contributed by atoms with van der Waals surface area (Å²) < 4.78 is 10.1. The molecule has 1 N–H and O–H groups in total. The van der Waals surface area contributed by atoms with Gasteiger partial charge in [-0.15, -0.1) is 0 Å². The highest BCUT2D eigenvalue weighted by Gasteiger charge is 2.15. The van der Waals surface area contributed by atoms with Crippen molar-refractivity contribution in [1.82, 2.24) is 9.97 Å². The van der Waals surface area contributed by atoms with Crippen molar-refractivity contribution in [2.75, 3.05) is 14.2 Å². The predicted octanol–water partition coefficient (Wildman–Crippen LogP) is 3.16. The minimum Gasteiger partial charge on any atom is -0.495 e. The quantitative estimate of drug-likeness (QED) is 0.581. The van der Waals surface area contributed by atoms with Crippen LogP contribution in [-0.4, -0.2) is 30.2 Å². The number of benzene rings is 1. The molecule has 0 atom stereocenters. The first-order valence-corrected chi connectivity index (χ1v) is 6.26. The number of nitrogens with zero attached hydrogens (tertiary/aromatic N) is 1. The number of aromatic nitrogens is 2. The fraction of sp³-hybridized carbons (Fsp3) is 0.143. The van der Waals surface area contributed by atoms with Gasteiger partial charge in [0.15, 0.2) is 0 Å². The van der Waals surface area contributed by atoms with Crippen LogP contribution in [0.4, 0.5) is 0 Å². The van der Waals surface area contributed by atoms with E-state index in [1.807, 2.05) is 6.07 Å². The van der Waals surface area contributed by atoms with E-state index < -0.39 is 5.97 Å². The van der Waals surface area contributed by atoms with E-state index in [-0.39, 0.29) is 0 Å². The number of methoxy groups -OCH3 is 2. The monoisotopic (exact) mass is 290 g/mol. The number of rotatable bonds is 2. The van der Waals surface area contributed by atoms with Crippen molar-refractivity contribution < 1.29 is 14.3 Å². The lowest BCUT2D eigenvalue weighted by atomic mass is 10.1. The third kappa shape index (κ3) is 1.87. The zero-order valence-corrected chi connectivity index (χ0v) is 11.6. The van der Waals surface area contributed by atoms with Gasteiger partial charge in [-0.25, -0.2) is 9.78 Å². The molecule has 0 saturated carbocycles. The molecule has 0 spiro atoms. The minimum absolute atomic E-state index is 0.399. The van der Waals surface area contributed by atoms with Crippen LogP contribution < -0.4 is 4.74 Å². The van der Waals surface area contributed by atoms with Crippen LogP contribution >= 0.6 is 11.6 Å². The molecule has 0 aliphatic rings. The van der Waals surface area contributed by atoms with Gasteiger partial charge < -0.3 is 14.5 Å². The first-order valence-electron chi connectivity index (χ1n) is 5.88. The lowest BCUT2D eigenvalue weighted by molar-refractivity contribution is 0.0600. The molecule has 3 rings (SSSR count). The Labute approximate surface area is 119 Å². The van der Waals surface area contributed by atoms with Crippen LogP contribution in [0.1, 0.15) is 10.4 Å². The number of halogens is 1. The van der Waals surface area contributed by atoms with Gasteiger partial charge in [-0.2, -0.15) is 0 Å². The molecule has 0 unspecified atom stereocenters. The Morgan fingerprint density at radius 3 is 2.75 bits per heavy atom. The first kappa shape index (κ1) is 12.7. The highest BCUT2D eigenvalue weighted by atomic mass is 35.5. The third-order valence-electron chi connectivity index (χ3n) is 3.14. The lowest BCUT2D eigenvalue weighted by Gasteiger charge is -2.05. The summed E-state index contributed by atoms with van der Waals surface area (Å²) in [5, 5.41) is 2.11. The molecular formula is C14H11ClN2O3. The summed E-state index contributed by atoms with van der Waals surface area (Å²) in [4.78, 5) is 19.1. The van der Waals surface area contributed by atoms with E-state index in [9.17, 15) is 4.79 Å². The Kier molecular flexibility index (Phi) is 2.99. The number of hydrogen-bond donors (Lipinski definition) is 1. The van der Waals surface area contributed by atoms with E-state index in [4.69, 9.17) is 21.1 Å². The molecule has 0 aliphatic carbocycles. The van der Waals surface area contributed by atoms with Crippen LogP contribution in [0.15, 0.2) is 24.3 Å².